The predicted molar refractivity (Wildman–Crippen MR) is 95.2 cm³/mol. The number of methoxy groups -OCH3 is 1. The summed E-state index contributed by atoms with van der Waals surface area (Å²) >= 11 is 0. The number of nitrogens with one attached hydrogen (secondary N) is 1. The van der Waals surface area contributed by atoms with E-state index in [1.165, 1.54) is 4.90 Å². The van der Waals surface area contributed by atoms with Crippen LogP contribution in [0.25, 0.3) is 0 Å². The fourth-order valence-corrected chi connectivity index (χ4v) is 3.28. The molecule has 2 aromatic carbocycles. The number of aryl methyl sites for hydroxylation is 1. The molecular weight excluding hydrogens is 316 g/mol. The Morgan fingerprint density at radius 2 is 1.84 bits per heavy atom. The topological polar surface area (TPSA) is 58.6 Å². The maximum absolute atomic E-state index is 13.1. The molecule has 0 radical (unpaired) electrons. The van der Waals surface area contributed by atoms with E-state index in [0.29, 0.717) is 12.2 Å². The highest BCUT2D eigenvalue weighted by atomic mass is 16.5. The summed E-state index contributed by atoms with van der Waals surface area (Å²) in [6, 6.07) is 14.7. The van der Waals surface area contributed by atoms with Crippen molar-refractivity contribution in [3.05, 3.63) is 65.2 Å². The lowest BCUT2D eigenvalue weighted by atomic mass is 9.87. The van der Waals surface area contributed by atoms with Crippen LogP contribution in [0.5, 0.6) is 5.75 Å². The van der Waals surface area contributed by atoms with Gasteiger partial charge < -0.3 is 10.1 Å². The molecule has 1 N–H and O–H groups in total. The van der Waals surface area contributed by atoms with Gasteiger partial charge in [0.05, 0.1) is 13.7 Å². The fourth-order valence-electron chi connectivity index (χ4n) is 3.28. The van der Waals surface area contributed by atoms with Crippen molar-refractivity contribution >= 4 is 11.9 Å². The molecule has 0 saturated carbocycles. The van der Waals surface area contributed by atoms with Gasteiger partial charge in [-0.1, -0.05) is 48.9 Å². The third-order valence-electron chi connectivity index (χ3n) is 4.71. The summed E-state index contributed by atoms with van der Waals surface area (Å²) in [5.74, 6) is 0.495. The number of ether oxygens (including phenoxy) is 1. The minimum absolute atomic E-state index is 0.216. The van der Waals surface area contributed by atoms with Crippen LogP contribution in [0.3, 0.4) is 0 Å². The van der Waals surface area contributed by atoms with Gasteiger partial charge in [0.15, 0.2) is 0 Å². The monoisotopic (exact) mass is 338 g/mol. The number of urea groups is 1. The Bertz CT molecular complexity index is 801. The summed E-state index contributed by atoms with van der Waals surface area (Å²) in [4.78, 5) is 26.9. The van der Waals surface area contributed by atoms with Crippen LogP contribution in [0.4, 0.5) is 4.79 Å². The van der Waals surface area contributed by atoms with Crippen LogP contribution in [0.15, 0.2) is 48.5 Å². The fraction of sp³-hybridized carbons (Fsp3) is 0.300. The SMILES string of the molecule is CC[C@]1(c2ccc(OC)cc2)NC(=O)N(Cc2cccc(C)c2)C1=O. The van der Waals surface area contributed by atoms with Crippen LogP contribution >= 0.6 is 0 Å². The van der Waals surface area contributed by atoms with Crippen molar-refractivity contribution in [2.24, 2.45) is 0 Å². The summed E-state index contributed by atoms with van der Waals surface area (Å²) in [5, 5.41) is 2.90. The number of hydrogen-bond donors (Lipinski definition) is 1. The van der Waals surface area contributed by atoms with E-state index in [0.717, 1.165) is 16.7 Å². The number of carbonyl (C=O) groups excluding carboxylic acids is 2. The van der Waals surface area contributed by atoms with Gasteiger partial charge in [0.2, 0.25) is 0 Å². The quantitative estimate of drug-likeness (QED) is 0.851. The van der Waals surface area contributed by atoms with Crippen LogP contribution in [-0.2, 0) is 16.9 Å². The molecule has 1 aliphatic rings. The van der Waals surface area contributed by atoms with Crippen LogP contribution in [-0.4, -0.2) is 23.9 Å². The standard InChI is InChI=1S/C20H22N2O3/c1-4-20(16-8-10-17(25-3)11-9-16)18(23)22(19(24)21-20)13-15-7-5-6-14(2)12-15/h5-12H,4,13H2,1-3H3,(H,21,24)/t20-/m1/s1. The van der Waals surface area contributed by atoms with E-state index in [1.807, 2.05) is 50.2 Å². The van der Waals surface area contributed by atoms with Gasteiger partial charge in [0.25, 0.3) is 5.91 Å². The Hall–Kier alpha value is -2.82. The molecule has 3 rings (SSSR count). The smallest absolute Gasteiger partial charge is 0.325 e. The minimum atomic E-state index is -1.02. The number of benzene rings is 2. The predicted octanol–water partition coefficient (Wildman–Crippen LogP) is 3.36. The van der Waals surface area contributed by atoms with Crippen LogP contribution in [0, 0.1) is 6.92 Å². The molecule has 1 aliphatic heterocycles. The van der Waals surface area contributed by atoms with E-state index in [-0.39, 0.29) is 18.5 Å². The van der Waals surface area contributed by atoms with E-state index in [1.54, 1.807) is 19.2 Å². The van der Waals surface area contributed by atoms with Gasteiger partial charge in [-0.3, -0.25) is 9.69 Å². The van der Waals surface area contributed by atoms with Gasteiger partial charge in [0, 0.05) is 0 Å². The first-order chi connectivity index (χ1) is 12.0. The van der Waals surface area contributed by atoms with E-state index >= 15 is 0 Å². The lowest BCUT2D eigenvalue weighted by molar-refractivity contribution is -0.132. The molecule has 0 spiro atoms. The average Bonchev–Trinajstić information content (AvgIpc) is 2.87. The molecule has 0 aromatic heterocycles. The van der Waals surface area contributed by atoms with Gasteiger partial charge in [-0.15, -0.1) is 0 Å². The van der Waals surface area contributed by atoms with E-state index < -0.39 is 5.54 Å². The summed E-state index contributed by atoms with van der Waals surface area (Å²) < 4.78 is 5.17. The Morgan fingerprint density at radius 3 is 2.44 bits per heavy atom. The normalized spacial score (nSPS) is 19.9. The first-order valence-electron chi connectivity index (χ1n) is 8.34. The Kier molecular flexibility index (Phi) is 4.49. The Labute approximate surface area is 147 Å². The third-order valence-corrected chi connectivity index (χ3v) is 4.71. The van der Waals surface area contributed by atoms with Crippen LogP contribution < -0.4 is 10.1 Å². The molecule has 3 amide bonds. The van der Waals surface area contributed by atoms with E-state index in [4.69, 9.17) is 4.74 Å². The molecular formula is C20H22N2O3. The zero-order valence-corrected chi connectivity index (χ0v) is 14.7. The second-order valence-electron chi connectivity index (χ2n) is 6.30. The highest BCUT2D eigenvalue weighted by Gasteiger charge is 2.51. The number of amides is 3. The lowest BCUT2D eigenvalue weighted by Crippen LogP contribution is -2.43. The second kappa shape index (κ2) is 6.59. The van der Waals surface area contributed by atoms with Gasteiger partial charge in [-0.2, -0.15) is 0 Å². The molecule has 1 saturated heterocycles. The minimum Gasteiger partial charge on any atom is -0.497 e. The first-order valence-corrected chi connectivity index (χ1v) is 8.34. The molecule has 2 aromatic rings. The van der Waals surface area contributed by atoms with Crippen molar-refractivity contribution in [1.29, 1.82) is 0 Å². The van der Waals surface area contributed by atoms with E-state index in [9.17, 15) is 9.59 Å². The lowest BCUT2D eigenvalue weighted by Gasteiger charge is -2.26. The third kappa shape index (κ3) is 2.97. The number of imide groups is 1. The van der Waals surface area contributed by atoms with Gasteiger partial charge in [-0.25, -0.2) is 4.79 Å². The summed E-state index contributed by atoms with van der Waals surface area (Å²) in [5.41, 5.74) is 1.78. The zero-order valence-electron chi connectivity index (χ0n) is 14.7. The molecule has 1 fully saturated rings. The first kappa shape index (κ1) is 17.0. The maximum atomic E-state index is 13.1. The molecule has 130 valence electrons. The molecule has 0 aliphatic carbocycles. The largest absolute Gasteiger partial charge is 0.497 e. The zero-order chi connectivity index (χ0) is 18.0. The average molecular weight is 338 g/mol. The second-order valence-corrected chi connectivity index (χ2v) is 6.30. The highest BCUT2D eigenvalue weighted by Crippen LogP contribution is 2.34. The maximum Gasteiger partial charge on any atom is 0.325 e. The Morgan fingerprint density at radius 1 is 1.12 bits per heavy atom. The molecule has 25 heavy (non-hydrogen) atoms. The molecule has 1 heterocycles. The number of nitrogens with zero attached hydrogens (tertiary/aromatic N) is 1. The van der Waals surface area contributed by atoms with Crippen molar-refractivity contribution in [3.8, 4) is 5.75 Å². The van der Waals surface area contributed by atoms with Crippen LogP contribution in [0.2, 0.25) is 0 Å². The van der Waals surface area contributed by atoms with Crippen molar-refractivity contribution in [1.82, 2.24) is 10.2 Å². The molecule has 0 unspecified atom stereocenters. The number of hydrogen-bond acceptors (Lipinski definition) is 3. The molecule has 5 nitrogen and oxygen atoms in total. The highest BCUT2D eigenvalue weighted by molar-refractivity contribution is 6.07. The molecule has 5 heteroatoms. The summed E-state index contributed by atoms with van der Waals surface area (Å²) in [6.45, 7) is 4.16. The van der Waals surface area contributed by atoms with Crippen molar-refractivity contribution in [2.75, 3.05) is 7.11 Å². The number of carbonyl (C=O) groups is 2. The van der Waals surface area contributed by atoms with Gasteiger partial charge >= 0.3 is 6.03 Å². The van der Waals surface area contributed by atoms with Crippen molar-refractivity contribution in [2.45, 2.75) is 32.4 Å². The Balaban J connectivity index is 1.91. The van der Waals surface area contributed by atoms with Crippen molar-refractivity contribution in [3.63, 3.8) is 0 Å². The van der Waals surface area contributed by atoms with Gasteiger partial charge in [0.1, 0.15) is 11.3 Å². The molecule has 0 bridgehead atoms. The van der Waals surface area contributed by atoms with Crippen LogP contribution in [0.1, 0.15) is 30.0 Å². The van der Waals surface area contributed by atoms with Crippen molar-refractivity contribution < 1.29 is 14.3 Å². The summed E-state index contributed by atoms with van der Waals surface area (Å²) in [7, 11) is 1.59. The summed E-state index contributed by atoms with van der Waals surface area (Å²) in [6.07, 6.45) is 0.480. The number of rotatable bonds is 5. The molecule has 1 atom stereocenters. The van der Waals surface area contributed by atoms with Gasteiger partial charge in [-0.05, 0) is 36.6 Å². The van der Waals surface area contributed by atoms with E-state index in [2.05, 4.69) is 5.32 Å².